The monoisotopic (exact) mass is 363 g/mol. The zero-order chi connectivity index (χ0) is 18.7. The van der Waals surface area contributed by atoms with Crippen molar-refractivity contribution in [2.45, 2.75) is 6.61 Å². The van der Waals surface area contributed by atoms with Crippen molar-refractivity contribution < 1.29 is 32.2 Å². The van der Waals surface area contributed by atoms with Crippen molar-refractivity contribution in [1.29, 1.82) is 0 Å². The molecule has 0 amide bonds. The van der Waals surface area contributed by atoms with Gasteiger partial charge in [-0.05, 0) is 48.0 Å². The molecule has 0 bridgehead atoms. The molecule has 0 fully saturated rings. The molecule has 0 saturated carbocycles. The molecule has 0 N–H and O–H groups in total. The summed E-state index contributed by atoms with van der Waals surface area (Å²) in [6.45, 7) is -3.02. The number of esters is 1. The predicted octanol–water partition coefficient (Wildman–Crippen LogP) is 3.78. The Kier molecular flexibility index (Phi) is 4.92. The summed E-state index contributed by atoms with van der Waals surface area (Å²) < 4.78 is 52.3. The van der Waals surface area contributed by atoms with E-state index >= 15 is 0 Å². The van der Waals surface area contributed by atoms with E-state index in [0.29, 0.717) is 11.1 Å². The quantitative estimate of drug-likeness (QED) is 0.599. The van der Waals surface area contributed by atoms with Gasteiger partial charge in [-0.3, -0.25) is 0 Å². The van der Waals surface area contributed by atoms with Crippen LogP contribution in [0.5, 0.6) is 11.5 Å². The molecule has 0 radical (unpaired) electrons. The van der Waals surface area contributed by atoms with E-state index in [1.165, 1.54) is 49.6 Å². The Labute approximate surface area is 146 Å². The molecule has 1 aliphatic rings. The maximum Gasteiger partial charge on any atom is 0.387 e. The number of cyclic esters (lactones) is 1. The standard InChI is InChI=1S/C18H12F3NO4/c1-24-14-7-2-10(9-15(14)25-18(20)21)8-13-17(23)26-16(22-13)11-3-5-12(19)6-4-11/h2-9,18H,1H3. The van der Waals surface area contributed by atoms with E-state index in [1.54, 1.807) is 6.07 Å². The first-order chi connectivity index (χ1) is 12.5. The topological polar surface area (TPSA) is 57.1 Å². The Hall–Kier alpha value is -3.29. The lowest BCUT2D eigenvalue weighted by molar-refractivity contribution is -0.129. The van der Waals surface area contributed by atoms with Gasteiger partial charge in [-0.25, -0.2) is 14.2 Å². The molecular weight excluding hydrogens is 351 g/mol. The molecule has 0 aromatic heterocycles. The molecule has 0 spiro atoms. The van der Waals surface area contributed by atoms with Crippen LogP contribution in [0.25, 0.3) is 6.08 Å². The molecule has 8 heteroatoms. The van der Waals surface area contributed by atoms with Gasteiger partial charge in [0.25, 0.3) is 0 Å². The number of nitrogens with zero attached hydrogens (tertiary/aromatic N) is 1. The summed E-state index contributed by atoms with van der Waals surface area (Å²) >= 11 is 0. The van der Waals surface area contributed by atoms with Gasteiger partial charge in [0.2, 0.25) is 5.90 Å². The maximum atomic E-state index is 13.0. The van der Waals surface area contributed by atoms with Crippen molar-refractivity contribution in [2.75, 3.05) is 7.11 Å². The summed E-state index contributed by atoms with van der Waals surface area (Å²) in [4.78, 5) is 16.0. The van der Waals surface area contributed by atoms with Crippen LogP contribution in [-0.4, -0.2) is 25.6 Å². The number of halogens is 3. The maximum absolute atomic E-state index is 13.0. The van der Waals surface area contributed by atoms with E-state index in [-0.39, 0.29) is 23.1 Å². The highest BCUT2D eigenvalue weighted by molar-refractivity contribution is 6.12. The number of rotatable bonds is 5. The average Bonchev–Trinajstić information content (AvgIpc) is 2.96. The molecule has 2 aromatic rings. The number of benzene rings is 2. The number of aliphatic imine (C=N–C) groups is 1. The zero-order valence-electron chi connectivity index (χ0n) is 13.4. The van der Waals surface area contributed by atoms with Crippen LogP contribution in [0.4, 0.5) is 13.2 Å². The van der Waals surface area contributed by atoms with E-state index in [1.807, 2.05) is 0 Å². The van der Waals surface area contributed by atoms with Crippen molar-refractivity contribution in [1.82, 2.24) is 0 Å². The fourth-order valence-electron chi connectivity index (χ4n) is 2.25. The first-order valence-electron chi connectivity index (χ1n) is 7.37. The molecule has 2 aromatic carbocycles. The highest BCUT2D eigenvalue weighted by atomic mass is 19.3. The van der Waals surface area contributed by atoms with Crippen LogP contribution in [0.2, 0.25) is 0 Å². The van der Waals surface area contributed by atoms with Crippen LogP contribution in [0.3, 0.4) is 0 Å². The zero-order valence-corrected chi connectivity index (χ0v) is 13.4. The van der Waals surface area contributed by atoms with Gasteiger partial charge in [-0.15, -0.1) is 0 Å². The molecule has 5 nitrogen and oxygen atoms in total. The van der Waals surface area contributed by atoms with E-state index < -0.39 is 18.4 Å². The van der Waals surface area contributed by atoms with Crippen LogP contribution >= 0.6 is 0 Å². The number of methoxy groups -OCH3 is 1. The lowest BCUT2D eigenvalue weighted by Crippen LogP contribution is -2.05. The van der Waals surface area contributed by atoms with E-state index in [2.05, 4.69) is 9.73 Å². The number of hydrogen-bond acceptors (Lipinski definition) is 5. The van der Waals surface area contributed by atoms with Gasteiger partial charge in [0, 0.05) is 5.56 Å². The fourth-order valence-corrected chi connectivity index (χ4v) is 2.25. The minimum atomic E-state index is -3.02. The van der Waals surface area contributed by atoms with Crippen LogP contribution < -0.4 is 9.47 Å². The Morgan fingerprint density at radius 1 is 1.12 bits per heavy atom. The van der Waals surface area contributed by atoms with E-state index in [0.717, 1.165) is 0 Å². The number of carbonyl (C=O) groups excluding carboxylic acids is 1. The summed E-state index contributed by atoms with van der Waals surface area (Å²) in [5, 5.41) is 0. The molecular formula is C18H12F3NO4. The Morgan fingerprint density at radius 3 is 2.50 bits per heavy atom. The first kappa shape index (κ1) is 17.5. The molecule has 26 heavy (non-hydrogen) atoms. The highest BCUT2D eigenvalue weighted by Crippen LogP contribution is 2.31. The summed E-state index contributed by atoms with van der Waals surface area (Å²) in [5.74, 6) is -1.17. The Bertz CT molecular complexity index is 892. The van der Waals surface area contributed by atoms with E-state index in [4.69, 9.17) is 9.47 Å². The molecule has 3 rings (SSSR count). The minimum Gasteiger partial charge on any atom is -0.493 e. The van der Waals surface area contributed by atoms with Crippen molar-refractivity contribution in [3.8, 4) is 11.5 Å². The molecule has 1 aliphatic heterocycles. The minimum absolute atomic E-state index is 0.0267. The van der Waals surface area contributed by atoms with Crippen molar-refractivity contribution >= 4 is 17.9 Å². The van der Waals surface area contributed by atoms with Gasteiger partial charge in [0.05, 0.1) is 7.11 Å². The largest absolute Gasteiger partial charge is 0.493 e. The van der Waals surface area contributed by atoms with Crippen molar-refractivity contribution in [3.63, 3.8) is 0 Å². The summed E-state index contributed by atoms with van der Waals surface area (Å²) in [5.41, 5.74) is 0.787. The summed E-state index contributed by atoms with van der Waals surface area (Å²) in [6, 6.07) is 9.53. The lowest BCUT2D eigenvalue weighted by Gasteiger charge is -2.10. The van der Waals surface area contributed by atoms with Gasteiger partial charge in [0.1, 0.15) is 5.82 Å². The molecule has 0 aliphatic carbocycles. The van der Waals surface area contributed by atoms with Gasteiger partial charge in [-0.2, -0.15) is 8.78 Å². The number of hydrogen-bond donors (Lipinski definition) is 0. The fraction of sp³-hybridized carbons (Fsp3) is 0.111. The van der Waals surface area contributed by atoms with Gasteiger partial charge in [0.15, 0.2) is 17.2 Å². The Morgan fingerprint density at radius 2 is 1.85 bits per heavy atom. The number of alkyl halides is 2. The third-order valence-electron chi connectivity index (χ3n) is 3.42. The van der Waals surface area contributed by atoms with Gasteiger partial charge >= 0.3 is 12.6 Å². The highest BCUT2D eigenvalue weighted by Gasteiger charge is 2.24. The van der Waals surface area contributed by atoms with Crippen molar-refractivity contribution in [3.05, 3.63) is 65.1 Å². The predicted molar refractivity (Wildman–Crippen MR) is 86.6 cm³/mol. The molecule has 134 valence electrons. The number of ether oxygens (including phenoxy) is 3. The Balaban J connectivity index is 1.91. The molecule has 0 saturated heterocycles. The van der Waals surface area contributed by atoms with Crippen LogP contribution in [0.15, 0.2) is 53.2 Å². The van der Waals surface area contributed by atoms with Gasteiger partial charge in [-0.1, -0.05) is 6.07 Å². The second-order valence-corrected chi connectivity index (χ2v) is 5.13. The van der Waals surface area contributed by atoms with Gasteiger partial charge < -0.3 is 14.2 Å². The van der Waals surface area contributed by atoms with Crippen LogP contribution in [0, 0.1) is 5.82 Å². The third kappa shape index (κ3) is 3.85. The molecule has 1 heterocycles. The normalized spacial score (nSPS) is 15.2. The first-order valence-corrected chi connectivity index (χ1v) is 7.37. The third-order valence-corrected chi connectivity index (χ3v) is 3.42. The second-order valence-electron chi connectivity index (χ2n) is 5.13. The van der Waals surface area contributed by atoms with E-state index in [9.17, 15) is 18.0 Å². The smallest absolute Gasteiger partial charge is 0.387 e. The van der Waals surface area contributed by atoms with Crippen LogP contribution in [0.1, 0.15) is 11.1 Å². The summed E-state index contributed by atoms with van der Waals surface area (Å²) in [6.07, 6.45) is 1.36. The van der Waals surface area contributed by atoms with Crippen LogP contribution in [-0.2, 0) is 9.53 Å². The molecule has 0 atom stereocenters. The average molecular weight is 363 g/mol. The summed E-state index contributed by atoms with van der Waals surface area (Å²) in [7, 11) is 1.32. The molecule has 0 unspecified atom stereocenters. The van der Waals surface area contributed by atoms with Crippen molar-refractivity contribution in [2.24, 2.45) is 4.99 Å². The SMILES string of the molecule is COc1ccc(C=C2N=C(c3ccc(F)cc3)OC2=O)cc1OC(F)F. The second kappa shape index (κ2) is 7.30. The number of carbonyl (C=O) groups is 1. The lowest BCUT2D eigenvalue weighted by atomic mass is 10.1.